The number of likely N-dealkylation sites (N-methyl/N-ethyl adjacent to an activating group) is 1. The van der Waals surface area contributed by atoms with E-state index in [9.17, 15) is 9.70 Å². The van der Waals surface area contributed by atoms with Crippen LogP contribution < -0.4 is 0 Å². The van der Waals surface area contributed by atoms with Crippen molar-refractivity contribution in [3.8, 4) is 0 Å². The van der Waals surface area contributed by atoms with E-state index in [4.69, 9.17) is 0 Å². The molecule has 0 aromatic rings. The lowest BCUT2D eigenvalue weighted by Crippen LogP contribution is -2.03. The minimum Gasteiger partial charge on any atom is -0.295 e. The third-order valence-electron chi connectivity index (χ3n) is 1.54. The number of carbonyl (C=O) groups is 1. The van der Waals surface area contributed by atoms with Crippen LogP contribution in [0.4, 0.5) is 0 Å². The van der Waals surface area contributed by atoms with E-state index < -0.39 is 0 Å². The minimum absolute atomic E-state index is 0.113. The number of ketones is 1. The van der Waals surface area contributed by atoms with Crippen molar-refractivity contribution in [2.24, 2.45) is 0 Å². The molecular formula is C10H14NO2+. The molecule has 0 spiro atoms. The summed E-state index contributed by atoms with van der Waals surface area (Å²) in [5.74, 6) is -0.113. The summed E-state index contributed by atoms with van der Waals surface area (Å²) in [6.45, 7) is 10.5. The van der Waals surface area contributed by atoms with Crippen molar-refractivity contribution in [3.63, 3.8) is 0 Å². The van der Waals surface area contributed by atoms with Crippen molar-refractivity contribution in [2.45, 2.75) is 13.8 Å². The fourth-order valence-electron chi connectivity index (χ4n) is 0.600. The first-order valence-electron chi connectivity index (χ1n) is 4.00. The molecule has 0 radical (unpaired) electrons. The summed E-state index contributed by atoms with van der Waals surface area (Å²) in [7, 11) is 0. The van der Waals surface area contributed by atoms with Gasteiger partial charge in [0.05, 0.1) is 0 Å². The Hall–Kier alpha value is -1.51. The maximum atomic E-state index is 10.9. The molecule has 0 aliphatic carbocycles. The quantitative estimate of drug-likeness (QED) is 0.368. The Labute approximate surface area is 78.0 Å². The average molecular weight is 180 g/mol. The molecule has 0 rings (SSSR count). The molecule has 0 aromatic heterocycles. The van der Waals surface area contributed by atoms with Gasteiger partial charge in [0.2, 0.25) is 5.70 Å². The Balaban J connectivity index is 4.29. The highest BCUT2D eigenvalue weighted by Gasteiger charge is 2.07. The molecule has 0 saturated heterocycles. The number of Topliss-reactive ketones (excluding diaryl/α,β-unsaturated/α-hetero) is 1. The van der Waals surface area contributed by atoms with Gasteiger partial charge >= 0.3 is 0 Å². The van der Waals surface area contributed by atoms with Crippen molar-refractivity contribution in [1.29, 1.82) is 0 Å². The van der Waals surface area contributed by atoms with Crippen LogP contribution >= 0.6 is 0 Å². The first kappa shape index (κ1) is 11.5. The van der Waals surface area contributed by atoms with Crippen LogP contribution in [0.15, 0.2) is 36.6 Å². The van der Waals surface area contributed by atoms with Crippen LogP contribution in [0.1, 0.15) is 13.8 Å². The van der Waals surface area contributed by atoms with Crippen LogP contribution in [0.2, 0.25) is 0 Å². The Kier molecular flexibility index (Phi) is 4.59. The van der Waals surface area contributed by atoms with Crippen LogP contribution in [0, 0.1) is 4.91 Å². The third kappa shape index (κ3) is 4.15. The molecule has 0 unspecified atom stereocenters. The van der Waals surface area contributed by atoms with Gasteiger partial charge in [-0.05, 0) is 26.5 Å². The van der Waals surface area contributed by atoms with Crippen molar-refractivity contribution in [2.75, 3.05) is 6.54 Å². The maximum absolute atomic E-state index is 10.9. The average Bonchev–Trinajstić information content (AvgIpc) is 2.11. The molecule has 0 aliphatic heterocycles. The Morgan fingerprint density at radius 1 is 1.38 bits per heavy atom. The molecule has 70 valence electrons. The predicted octanol–water partition coefficient (Wildman–Crippen LogP) is 2.00. The van der Waals surface area contributed by atoms with E-state index >= 15 is 0 Å². The molecule has 0 fully saturated rings. The second-order valence-corrected chi connectivity index (χ2v) is 2.60. The van der Waals surface area contributed by atoms with Gasteiger partial charge < -0.3 is 0 Å². The van der Waals surface area contributed by atoms with Crippen LogP contribution in [0.5, 0.6) is 0 Å². The van der Waals surface area contributed by atoms with E-state index in [-0.39, 0.29) is 5.78 Å². The number of carbonyl (C=O) groups excluding carboxylic acids is 1. The summed E-state index contributed by atoms with van der Waals surface area (Å²) in [6.07, 6.45) is 2.98. The van der Waals surface area contributed by atoms with Gasteiger partial charge in [-0.25, -0.2) is 0 Å². The van der Waals surface area contributed by atoms with Crippen LogP contribution in [0.3, 0.4) is 0 Å². The fraction of sp³-hybridized carbons (Fsp3) is 0.300. The zero-order valence-electron chi connectivity index (χ0n) is 8.04. The molecule has 0 aromatic carbocycles. The van der Waals surface area contributed by atoms with Crippen LogP contribution in [-0.2, 0) is 4.79 Å². The van der Waals surface area contributed by atoms with Gasteiger partial charge in [0.1, 0.15) is 0 Å². The highest BCUT2D eigenvalue weighted by atomic mass is 16.3. The van der Waals surface area contributed by atoms with Gasteiger partial charge in [-0.1, -0.05) is 6.58 Å². The molecule has 0 heterocycles. The molecule has 0 N–H and O–H groups in total. The molecule has 0 saturated carbocycles. The SMILES string of the molecule is C=C(C=CC(=C)[N+](=O)CC)C(C)=O. The number of hydrogen-bond donors (Lipinski definition) is 0. The van der Waals surface area contributed by atoms with E-state index in [1.807, 2.05) is 0 Å². The smallest absolute Gasteiger partial charge is 0.248 e. The summed E-state index contributed by atoms with van der Waals surface area (Å²) < 4.78 is 0.740. The zero-order chi connectivity index (χ0) is 10.4. The summed E-state index contributed by atoms with van der Waals surface area (Å²) in [5.41, 5.74) is 0.690. The third-order valence-corrected chi connectivity index (χ3v) is 1.54. The Bertz CT molecular complexity index is 287. The molecule has 0 bridgehead atoms. The first-order valence-corrected chi connectivity index (χ1v) is 4.00. The molecule has 3 nitrogen and oxygen atoms in total. The van der Waals surface area contributed by atoms with E-state index in [0.29, 0.717) is 17.8 Å². The number of rotatable bonds is 5. The standard InChI is InChI=1S/C10H14NO2/c1-5-11(13)9(3)7-6-8(2)10(4)12/h6-7H,2-3,5H2,1,4H3/q+1. The van der Waals surface area contributed by atoms with Crippen molar-refractivity contribution >= 4 is 5.78 Å². The Morgan fingerprint density at radius 3 is 2.31 bits per heavy atom. The van der Waals surface area contributed by atoms with E-state index in [0.717, 1.165) is 4.76 Å². The molecule has 13 heavy (non-hydrogen) atoms. The molecule has 0 aliphatic rings. The van der Waals surface area contributed by atoms with E-state index in [1.165, 1.54) is 19.1 Å². The van der Waals surface area contributed by atoms with E-state index in [2.05, 4.69) is 13.2 Å². The number of nitrogens with zero attached hydrogens (tertiary/aromatic N) is 1. The van der Waals surface area contributed by atoms with Gasteiger partial charge in [-0.3, -0.25) is 4.79 Å². The lowest BCUT2D eigenvalue weighted by molar-refractivity contribution is -0.489. The van der Waals surface area contributed by atoms with Crippen molar-refractivity contribution in [1.82, 2.24) is 0 Å². The monoisotopic (exact) mass is 180 g/mol. The van der Waals surface area contributed by atoms with Crippen molar-refractivity contribution in [3.05, 3.63) is 41.5 Å². The number of nitroso groups, excluding NO2 is 1. The maximum Gasteiger partial charge on any atom is 0.248 e. The van der Waals surface area contributed by atoms with Crippen molar-refractivity contribution < 1.29 is 9.55 Å². The topological polar surface area (TPSA) is 37.1 Å². The number of hydrogen-bond acceptors (Lipinski definition) is 2. The first-order chi connectivity index (χ1) is 5.99. The highest BCUT2D eigenvalue weighted by Crippen LogP contribution is 2.00. The van der Waals surface area contributed by atoms with Gasteiger partial charge in [-0.15, -0.1) is 0 Å². The van der Waals surface area contributed by atoms with Gasteiger partial charge in [-0.2, -0.15) is 0 Å². The zero-order valence-corrected chi connectivity index (χ0v) is 8.04. The second-order valence-electron chi connectivity index (χ2n) is 2.60. The minimum atomic E-state index is -0.113. The molecule has 0 atom stereocenters. The largest absolute Gasteiger partial charge is 0.295 e. The number of allylic oxidation sites excluding steroid dienone is 3. The predicted molar refractivity (Wildman–Crippen MR) is 52.3 cm³/mol. The van der Waals surface area contributed by atoms with E-state index in [1.54, 1.807) is 6.92 Å². The summed E-state index contributed by atoms with van der Waals surface area (Å²) in [5, 5.41) is 0. The summed E-state index contributed by atoms with van der Waals surface area (Å²) in [6, 6.07) is 0. The van der Waals surface area contributed by atoms with Gasteiger partial charge in [0.15, 0.2) is 12.3 Å². The van der Waals surface area contributed by atoms with Gasteiger partial charge in [0.25, 0.3) is 0 Å². The van der Waals surface area contributed by atoms with Gasteiger partial charge in [0, 0.05) is 21.3 Å². The second kappa shape index (κ2) is 5.19. The fourth-order valence-corrected chi connectivity index (χ4v) is 0.600. The lowest BCUT2D eigenvalue weighted by Gasteiger charge is -1.90. The Morgan fingerprint density at radius 2 is 1.92 bits per heavy atom. The highest BCUT2D eigenvalue weighted by molar-refractivity contribution is 5.95. The lowest BCUT2D eigenvalue weighted by atomic mass is 10.2. The molecule has 3 heteroatoms. The summed E-state index contributed by atoms with van der Waals surface area (Å²) >= 11 is 0. The van der Waals surface area contributed by atoms with Crippen LogP contribution in [0.25, 0.3) is 0 Å². The molecule has 0 amide bonds. The summed E-state index contributed by atoms with van der Waals surface area (Å²) in [4.78, 5) is 21.7. The normalized spacial score (nSPS) is 10.0. The van der Waals surface area contributed by atoms with Crippen LogP contribution in [-0.4, -0.2) is 17.1 Å². The molecular weight excluding hydrogens is 166 g/mol.